The van der Waals surface area contributed by atoms with Gasteiger partial charge in [0.15, 0.2) is 6.61 Å². The van der Waals surface area contributed by atoms with Crippen molar-refractivity contribution in [2.75, 3.05) is 19.7 Å². The van der Waals surface area contributed by atoms with Crippen molar-refractivity contribution < 1.29 is 22.7 Å². The molecule has 2 rings (SSSR count). The first-order chi connectivity index (χ1) is 10.8. The minimum atomic E-state index is -4.43. The van der Waals surface area contributed by atoms with E-state index < -0.39 is 12.8 Å². The third-order valence-electron chi connectivity index (χ3n) is 3.54. The van der Waals surface area contributed by atoms with Gasteiger partial charge in [-0.05, 0) is 31.5 Å². The van der Waals surface area contributed by atoms with Crippen molar-refractivity contribution in [2.45, 2.75) is 25.6 Å². The summed E-state index contributed by atoms with van der Waals surface area (Å²) < 4.78 is 41.7. The Hall–Kier alpha value is -1.47. The number of carbonyl (C=O) groups excluding carboxylic acids is 1. The highest BCUT2D eigenvalue weighted by Crippen LogP contribution is 2.26. The summed E-state index contributed by atoms with van der Waals surface area (Å²) in [6, 6.07) is 4.41. The van der Waals surface area contributed by atoms with Crippen LogP contribution < -0.4 is 15.4 Å². The standard InChI is InChI=1S/C15H18ClF3N2O2/c16-12-4-3-10(13(6-12)23-9-15(17,18)19)8-21-14(22)11-2-1-5-20-7-11/h3-4,6,11,20H,1-2,5,7-9H2,(H,21,22). The molecular formula is C15H18ClF3N2O2. The van der Waals surface area contributed by atoms with Crippen molar-refractivity contribution in [1.82, 2.24) is 10.6 Å². The Bertz CT molecular complexity index is 546. The number of carbonyl (C=O) groups is 1. The van der Waals surface area contributed by atoms with Crippen molar-refractivity contribution >= 4 is 17.5 Å². The van der Waals surface area contributed by atoms with Gasteiger partial charge >= 0.3 is 6.18 Å². The van der Waals surface area contributed by atoms with Crippen LogP contribution in [0.3, 0.4) is 0 Å². The molecule has 1 aliphatic rings. The highest BCUT2D eigenvalue weighted by Gasteiger charge is 2.29. The van der Waals surface area contributed by atoms with Crippen LogP contribution in [0.15, 0.2) is 18.2 Å². The molecule has 1 aromatic carbocycles. The second kappa shape index (κ2) is 7.88. The van der Waals surface area contributed by atoms with Gasteiger partial charge in [0.2, 0.25) is 5.91 Å². The Morgan fingerprint density at radius 1 is 1.43 bits per heavy atom. The van der Waals surface area contributed by atoms with Gasteiger partial charge in [-0.3, -0.25) is 4.79 Å². The lowest BCUT2D eigenvalue weighted by Crippen LogP contribution is -2.40. The SMILES string of the molecule is O=C(NCc1ccc(Cl)cc1OCC(F)(F)F)C1CCCNC1. The van der Waals surface area contributed by atoms with Gasteiger partial charge in [0.1, 0.15) is 5.75 Å². The van der Waals surface area contributed by atoms with Crippen LogP contribution in [0.25, 0.3) is 0 Å². The van der Waals surface area contributed by atoms with Gasteiger partial charge in [-0.2, -0.15) is 13.2 Å². The van der Waals surface area contributed by atoms with Crippen molar-refractivity contribution in [1.29, 1.82) is 0 Å². The molecule has 8 heteroatoms. The minimum absolute atomic E-state index is 0.0249. The van der Waals surface area contributed by atoms with Crippen LogP contribution in [0, 0.1) is 5.92 Å². The molecule has 1 fully saturated rings. The number of halogens is 4. The van der Waals surface area contributed by atoms with Gasteiger partial charge in [-0.15, -0.1) is 0 Å². The number of amides is 1. The summed E-state index contributed by atoms with van der Waals surface area (Å²) in [7, 11) is 0. The third kappa shape index (κ3) is 5.91. The van der Waals surface area contributed by atoms with E-state index in [1.54, 1.807) is 12.1 Å². The molecule has 1 unspecified atom stereocenters. The summed E-state index contributed by atoms with van der Waals surface area (Å²) in [5.41, 5.74) is 0.454. The zero-order valence-corrected chi connectivity index (χ0v) is 13.1. The Morgan fingerprint density at radius 2 is 2.22 bits per heavy atom. The van der Waals surface area contributed by atoms with Crippen LogP contribution in [-0.2, 0) is 11.3 Å². The molecule has 128 valence electrons. The number of rotatable bonds is 5. The smallest absolute Gasteiger partial charge is 0.422 e. The monoisotopic (exact) mass is 350 g/mol. The number of benzene rings is 1. The van der Waals surface area contributed by atoms with Crippen LogP contribution in [0.5, 0.6) is 5.75 Å². The van der Waals surface area contributed by atoms with E-state index in [0.717, 1.165) is 19.4 Å². The summed E-state index contributed by atoms with van der Waals surface area (Å²) in [6.07, 6.45) is -2.70. The molecule has 2 N–H and O–H groups in total. The first-order valence-corrected chi connectivity index (χ1v) is 7.69. The zero-order chi connectivity index (χ0) is 16.9. The maximum atomic E-state index is 12.3. The van der Waals surface area contributed by atoms with Gasteiger partial charge in [-0.25, -0.2) is 0 Å². The van der Waals surface area contributed by atoms with Crippen LogP contribution in [-0.4, -0.2) is 31.8 Å². The fourth-order valence-corrected chi connectivity index (χ4v) is 2.53. The van der Waals surface area contributed by atoms with E-state index in [-0.39, 0.29) is 29.1 Å². The Morgan fingerprint density at radius 3 is 2.87 bits per heavy atom. The maximum Gasteiger partial charge on any atom is 0.422 e. The van der Waals surface area contributed by atoms with Crippen LogP contribution in [0.2, 0.25) is 5.02 Å². The number of hydrogen-bond acceptors (Lipinski definition) is 3. The van der Waals surface area contributed by atoms with Gasteiger partial charge in [0.05, 0.1) is 5.92 Å². The fourth-order valence-electron chi connectivity index (χ4n) is 2.37. The normalized spacial score (nSPS) is 18.5. The Kier molecular flexibility index (Phi) is 6.12. The summed E-state index contributed by atoms with van der Waals surface area (Å²) in [4.78, 5) is 12.1. The van der Waals surface area contributed by atoms with E-state index in [1.807, 2.05) is 0 Å². The molecule has 0 bridgehead atoms. The highest BCUT2D eigenvalue weighted by molar-refractivity contribution is 6.30. The molecule has 0 aromatic heterocycles. The fraction of sp³-hybridized carbons (Fsp3) is 0.533. The largest absolute Gasteiger partial charge is 0.484 e. The average molecular weight is 351 g/mol. The molecule has 4 nitrogen and oxygen atoms in total. The zero-order valence-electron chi connectivity index (χ0n) is 12.4. The lowest BCUT2D eigenvalue weighted by atomic mass is 9.99. The first-order valence-electron chi connectivity index (χ1n) is 7.31. The van der Waals surface area contributed by atoms with E-state index >= 15 is 0 Å². The molecular weight excluding hydrogens is 333 g/mol. The summed E-state index contributed by atoms with van der Waals surface area (Å²) in [6.45, 7) is 0.209. The molecule has 0 saturated carbocycles. The summed E-state index contributed by atoms with van der Waals surface area (Å²) in [5, 5.41) is 6.16. The van der Waals surface area contributed by atoms with Crippen LogP contribution >= 0.6 is 11.6 Å². The predicted octanol–water partition coefficient (Wildman–Crippen LogP) is 2.90. The lowest BCUT2D eigenvalue weighted by molar-refractivity contribution is -0.153. The van der Waals surface area contributed by atoms with Gasteiger partial charge < -0.3 is 15.4 Å². The number of ether oxygens (including phenoxy) is 1. The van der Waals surface area contributed by atoms with E-state index in [2.05, 4.69) is 10.6 Å². The number of hydrogen-bond donors (Lipinski definition) is 2. The maximum absolute atomic E-state index is 12.3. The number of piperidine rings is 1. The summed E-state index contributed by atoms with van der Waals surface area (Å²) in [5.74, 6) is -0.207. The van der Waals surface area contributed by atoms with Gasteiger partial charge in [0.25, 0.3) is 0 Å². The van der Waals surface area contributed by atoms with Gasteiger partial charge in [-0.1, -0.05) is 17.7 Å². The quantitative estimate of drug-likeness (QED) is 0.858. The molecule has 0 spiro atoms. The van der Waals surface area contributed by atoms with Crippen molar-refractivity contribution in [3.63, 3.8) is 0 Å². The number of alkyl halides is 3. The van der Waals surface area contributed by atoms with Crippen molar-refractivity contribution in [3.05, 3.63) is 28.8 Å². The van der Waals surface area contributed by atoms with E-state index in [9.17, 15) is 18.0 Å². The molecule has 0 aliphatic carbocycles. The van der Waals surface area contributed by atoms with E-state index in [1.165, 1.54) is 6.07 Å². The van der Waals surface area contributed by atoms with E-state index in [4.69, 9.17) is 16.3 Å². The molecule has 0 radical (unpaired) electrons. The molecule has 1 heterocycles. The number of nitrogens with one attached hydrogen (secondary N) is 2. The summed E-state index contributed by atoms with van der Waals surface area (Å²) >= 11 is 5.79. The predicted molar refractivity (Wildman–Crippen MR) is 80.4 cm³/mol. The first kappa shape index (κ1) is 17.9. The third-order valence-corrected chi connectivity index (χ3v) is 3.78. The van der Waals surface area contributed by atoms with Gasteiger partial charge in [0, 0.05) is 23.7 Å². The Labute approximate surface area is 137 Å². The Balaban J connectivity index is 1.96. The molecule has 1 aromatic rings. The lowest BCUT2D eigenvalue weighted by Gasteiger charge is -2.22. The van der Waals surface area contributed by atoms with Crippen LogP contribution in [0.1, 0.15) is 18.4 Å². The molecule has 23 heavy (non-hydrogen) atoms. The average Bonchev–Trinajstić information content (AvgIpc) is 2.52. The second-order valence-electron chi connectivity index (χ2n) is 5.42. The molecule has 1 aliphatic heterocycles. The highest BCUT2D eigenvalue weighted by atomic mass is 35.5. The molecule has 1 amide bonds. The second-order valence-corrected chi connectivity index (χ2v) is 5.85. The minimum Gasteiger partial charge on any atom is -0.484 e. The molecule has 1 saturated heterocycles. The van der Waals surface area contributed by atoms with Crippen LogP contribution in [0.4, 0.5) is 13.2 Å². The molecule has 1 atom stereocenters. The van der Waals surface area contributed by atoms with E-state index in [0.29, 0.717) is 12.1 Å². The van der Waals surface area contributed by atoms with Crippen molar-refractivity contribution in [2.24, 2.45) is 5.92 Å². The van der Waals surface area contributed by atoms with Crippen molar-refractivity contribution in [3.8, 4) is 5.75 Å². The topological polar surface area (TPSA) is 50.4 Å².